The molecule has 15 heavy (non-hydrogen) atoms. The summed E-state index contributed by atoms with van der Waals surface area (Å²) >= 11 is 0. The fraction of sp³-hybridized carbons (Fsp3) is 1.00. The lowest BCUT2D eigenvalue weighted by Crippen LogP contribution is -2.35. The van der Waals surface area contributed by atoms with Gasteiger partial charge in [-0.2, -0.15) is 0 Å². The smallest absolute Gasteiger partial charge is 0.213 e. The van der Waals surface area contributed by atoms with E-state index >= 15 is 0 Å². The molecule has 1 unspecified atom stereocenters. The first kappa shape index (κ1) is 14.9. The van der Waals surface area contributed by atoms with Gasteiger partial charge < -0.3 is 5.73 Å². The highest BCUT2D eigenvalue weighted by atomic mass is 32.2. The molecule has 0 radical (unpaired) electrons. The molecule has 0 aliphatic heterocycles. The van der Waals surface area contributed by atoms with E-state index in [1.54, 1.807) is 7.05 Å². The zero-order valence-corrected chi connectivity index (χ0v) is 11.0. The Morgan fingerprint density at radius 3 is 2.20 bits per heavy atom. The molecule has 0 bridgehead atoms. The summed E-state index contributed by atoms with van der Waals surface area (Å²) in [6, 6.07) is 0. The average molecular weight is 236 g/mol. The van der Waals surface area contributed by atoms with E-state index in [0.29, 0.717) is 25.4 Å². The van der Waals surface area contributed by atoms with Gasteiger partial charge in [-0.1, -0.05) is 20.8 Å². The van der Waals surface area contributed by atoms with Crippen molar-refractivity contribution in [3.63, 3.8) is 0 Å². The normalized spacial score (nSPS) is 14.9. The van der Waals surface area contributed by atoms with Crippen LogP contribution in [0.15, 0.2) is 0 Å². The third kappa shape index (κ3) is 6.12. The summed E-state index contributed by atoms with van der Waals surface area (Å²) in [5, 5.41) is 0. The third-order valence-electron chi connectivity index (χ3n) is 2.40. The highest BCUT2D eigenvalue weighted by Gasteiger charge is 2.19. The maximum Gasteiger partial charge on any atom is 0.213 e. The number of nitrogens with zero attached hydrogens (tertiary/aromatic N) is 1. The minimum atomic E-state index is -3.08. The fourth-order valence-corrected chi connectivity index (χ4v) is 2.73. The molecule has 0 aromatic rings. The van der Waals surface area contributed by atoms with Crippen molar-refractivity contribution in [2.45, 2.75) is 27.2 Å². The number of hydrogen-bond acceptors (Lipinski definition) is 3. The monoisotopic (exact) mass is 236 g/mol. The van der Waals surface area contributed by atoms with E-state index in [2.05, 4.69) is 0 Å². The zero-order chi connectivity index (χ0) is 12.1. The molecule has 0 aromatic heterocycles. The van der Waals surface area contributed by atoms with Crippen LogP contribution in [0.4, 0.5) is 0 Å². The summed E-state index contributed by atoms with van der Waals surface area (Å²) in [4.78, 5) is 0. The molecule has 1 atom stereocenters. The topological polar surface area (TPSA) is 63.4 Å². The Hall–Kier alpha value is -0.130. The summed E-state index contributed by atoms with van der Waals surface area (Å²) in [7, 11) is -1.46. The number of sulfonamides is 1. The maximum atomic E-state index is 11.8. The highest BCUT2D eigenvalue weighted by molar-refractivity contribution is 7.89. The van der Waals surface area contributed by atoms with Crippen LogP contribution < -0.4 is 5.73 Å². The summed E-state index contributed by atoms with van der Waals surface area (Å²) in [5.74, 6) is 0.863. The Labute approximate surface area is 93.9 Å². The van der Waals surface area contributed by atoms with Gasteiger partial charge >= 0.3 is 0 Å². The highest BCUT2D eigenvalue weighted by Crippen LogP contribution is 2.08. The van der Waals surface area contributed by atoms with E-state index in [-0.39, 0.29) is 11.7 Å². The molecule has 2 N–H and O–H groups in total. The van der Waals surface area contributed by atoms with Gasteiger partial charge in [0.25, 0.3) is 0 Å². The Balaban J connectivity index is 4.20. The van der Waals surface area contributed by atoms with Gasteiger partial charge in [-0.3, -0.25) is 0 Å². The van der Waals surface area contributed by atoms with E-state index in [1.165, 1.54) is 4.31 Å². The number of nitrogens with two attached hydrogens (primary N) is 1. The molecule has 0 rings (SSSR count). The molecule has 0 fully saturated rings. The molecule has 0 saturated heterocycles. The Bertz CT molecular complexity index is 263. The van der Waals surface area contributed by atoms with Crippen molar-refractivity contribution in [1.82, 2.24) is 4.31 Å². The Kier molecular flexibility index (Phi) is 6.40. The van der Waals surface area contributed by atoms with Crippen molar-refractivity contribution in [1.29, 1.82) is 0 Å². The van der Waals surface area contributed by atoms with Crippen LogP contribution in [0, 0.1) is 11.8 Å². The van der Waals surface area contributed by atoms with Gasteiger partial charge in [-0.25, -0.2) is 12.7 Å². The van der Waals surface area contributed by atoms with Crippen LogP contribution in [-0.4, -0.2) is 38.6 Å². The van der Waals surface area contributed by atoms with Gasteiger partial charge in [0.15, 0.2) is 0 Å². The van der Waals surface area contributed by atoms with Gasteiger partial charge in [0.1, 0.15) is 0 Å². The molecule has 0 aromatic carbocycles. The molecular weight excluding hydrogens is 212 g/mol. The van der Waals surface area contributed by atoms with Crippen molar-refractivity contribution in [2.24, 2.45) is 17.6 Å². The molecule has 0 saturated carbocycles. The zero-order valence-electron chi connectivity index (χ0n) is 10.2. The van der Waals surface area contributed by atoms with Crippen molar-refractivity contribution in [3.05, 3.63) is 0 Å². The summed E-state index contributed by atoms with van der Waals surface area (Å²) in [5.41, 5.74) is 5.46. The standard InChI is InChI=1S/C10H24N2O2S/c1-9(2)5-6-15(13,14)12(4)8-10(3)7-11/h9-10H,5-8,11H2,1-4H3. The van der Waals surface area contributed by atoms with Crippen molar-refractivity contribution in [3.8, 4) is 0 Å². The van der Waals surface area contributed by atoms with Crippen LogP contribution >= 0.6 is 0 Å². The lowest BCUT2D eigenvalue weighted by atomic mass is 10.2. The summed E-state index contributed by atoms with van der Waals surface area (Å²) in [6.45, 7) is 7.03. The first-order valence-corrected chi connectivity index (χ1v) is 7.04. The average Bonchev–Trinajstić information content (AvgIpc) is 2.14. The lowest BCUT2D eigenvalue weighted by Gasteiger charge is -2.20. The van der Waals surface area contributed by atoms with E-state index in [4.69, 9.17) is 5.73 Å². The van der Waals surface area contributed by atoms with Crippen molar-refractivity contribution >= 4 is 10.0 Å². The van der Waals surface area contributed by atoms with E-state index in [9.17, 15) is 8.42 Å². The third-order valence-corrected chi connectivity index (χ3v) is 4.25. The largest absolute Gasteiger partial charge is 0.330 e. The van der Waals surface area contributed by atoms with Gasteiger partial charge in [0, 0.05) is 13.6 Å². The second-order valence-electron chi connectivity index (χ2n) is 4.62. The minimum Gasteiger partial charge on any atom is -0.330 e. The molecular formula is C10H24N2O2S. The molecule has 0 amide bonds. The lowest BCUT2D eigenvalue weighted by molar-refractivity contribution is 0.402. The van der Waals surface area contributed by atoms with Gasteiger partial charge in [0.05, 0.1) is 5.75 Å². The summed E-state index contributed by atoms with van der Waals surface area (Å²) in [6.07, 6.45) is 0.712. The molecule has 5 heteroatoms. The SMILES string of the molecule is CC(C)CCS(=O)(=O)N(C)CC(C)CN. The summed E-state index contributed by atoms with van der Waals surface area (Å²) < 4.78 is 25.0. The van der Waals surface area contributed by atoms with E-state index in [1.807, 2.05) is 20.8 Å². The molecule has 4 nitrogen and oxygen atoms in total. The molecule has 0 aliphatic carbocycles. The first-order chi connectivity index (χ1) is 6.79. The quantitative estimate of drug-likeness (QED) is 0.714. The van der Waals surface area contributed by atoms with E-state index < -0.39 is 10.0 Å². The van der Waals surface area contributed by atoms with Gasteiger partial charge in [-0.15, -0.1) is 0 Å². The van der Waals surface area contributed by atoms with Crippen molar-refractivity contribution in [2.75, 3.05) is 25.9 Å². The maximum absolute atomic E-state index is 11.8. The van der Waals surface area contributed by atoms with Crippen molar-refractivity contribution < 1.29 is 8.42 Å². The van der Waals surface area contributed by atoms with Crippen LogP contribution in [-0.2, 0) is 10.0 Å². The van der Waals surface area contributed by atoms with E-state index in [0.717, 1.165) is 0 Å². The first-order valence-electron chi connectivity index (χ1n) is 5.43. The predicted molar refractivity (Wildman–Crippen MR) is 64.1 cm³/mol. The second-order valence-corrected chi connectivity index (χ2v) is 6.82. The minimum absolute atomic E-state index is 0.212. The molecule has 0 spiro atoms. The number of hydrogen-bond donors (Lipinski definition) is 1. The van der Waals surface area contributed by atoms with Crippen LogP contribution in [0.5, 0.6) is 0 Å². The predicted octanol–water partition coefficient (Wildman–Crippen LogP) is 0.889. The van der Waals surface area contributed by atoms with Gasteiger partial charge in [0.2, 0.25) is 10.0 Å². The molecule has 0 heterocycles. The Morgan fingerprint density at radius 2 is 1.80 bits per heavy atom. The van der Waals surface area contributed by atoms with Gasteiger partial charge in [-0.05, 0) is 24.8 Å². The fourth-order valence-electron chi connectivity index (χ4n) is 1.17. The Morgan fingerprint density at radius 1 is 1.27 bits per heavy atom. The molecule has 0 aliphatic rings. The second kappa shape index (κ2) is 6.45. The van der Waals surface area contributed by atoms with Crippen LogP contribution in [0.2, 0.25) is 0 Å². The van der Waals surface area contributed by atoms with Crippen LogP contribution in [0.3, 0.4) is 0 Å². The van der Waals surface area contributed by atoms with Crippen LogP contribution in [0.25, 0.3) is 0 Å². The number of rotatable bonds is 7. The van der Waals surface area contributed by atoms with Crippen LogP contribution in [0.1, 0.15) is 27.2 Å². The molecule has 92 valence electrons.